The van der Waals surface area contributed by atoms with E-state index in [4.69, 9.17) is 0 Å². The normalized spacial score (nSPS) is 25.8. The van der Waals surface area contributed by atoms with Crippen LogP contribution in [0.1, 0.15) is 13.8 Å². The molecule has 0 radical (unpaired) electrons. The minimum Gasteiger partial charge on any atom is -0.343 e. The summed E-state index contributed by atoms with van der Waals surface area (Å²) in [6.45, 7) is 7.21. The number of carbonyl (C=O) groups is 1. The highest BCUT2D eigenvalue weighted by molar-refractivity contribution is 6.38. The summed E-state index contributed by atoms with van der Waals surface area (Å²) >= 11 is 0. The van der Waals surface area contributed by atoms with Gasteiger partial charge in [0.2, 0.25) is 0 Å². The van der Waals surface area contributed by atoms with E-state index in [1.807, 2.05) is 6.92 Å². The highest BCUT2D eigenvalue weighted by Crippen LogP contribution is 2.05. The number of amides is 1. The quantitative estimate of drug-likeness (QED) is 0.519. The molecule has 0 spiro atoms. The van der Waals surface area contributed by atoms with E-state index < -0.39 is 0 Å². The van der Waals surface area contributed by atoms with Crippen LogP contribution < -0.4 is 5.32 Å². The molecule has 1 amide bonds. The molecule has 3 heteroatoms. The van der Waals surface area contributed by atoms with Gasteiger partial charge in [-0.15, -0.1) is 0 Å². The van der Waals surface area contributed by atoms with Gasteiger partial charge in [-0.2, -0.15) is 0 Å². The summed E-state index contributed by atoms with van der Waals surface area (Å²) in [4.78, 5) is 14.8. The second-order valence-corrected chi connectivity index (χ2v) is 2.38. The maximum absolute atomic E-state index is 10.9. The fourth-order valence-corrected chi connectivity index (χ4v) is 0.747. The molecule has 1 rings (SSSR count). The SMILES string of the molecule is C=C1N=C(C)C(=O)NC1C. The molecule has 10 heavy (non-hydrogen) atoms. The lowest BCUT2D eigenvalue weighted by molar-refractivity contribution is -0.115. The average Bonchev–Trinajstić information content (AvgIpc) is 1.84. The van der Waals surface area contributed by atoms with Crippen molar-refractivity contribution in [1.29, 1.82) is 0 Å². The fourth-order valence-electron chi connectivity index (χ4n) is 0.747. The van der Waals surface area contributed by atoms with Crippen molar-refractivity contribution in [2.45, 2.75) is 19.9 Å². The van der Waals surface area contributed by atoms with Crippen molar-refractivity contribution in [1.82, 2.24) is 5.32 Å². The van der Waals surface area contributed by atoms with Crippen LogP contribution in [0.25, 0.3) is 0 Å². The molecule has 1 aliphatic heterocycles. The molecule has 0 aliphatic carbocycles. The van der Waals surface area contributed by atoms with Crippen molar-refractivity contribution >= 4 is 11.6 Å². The first-order valence-electron chi connectivity index (χ1n) is 3.16. The molecule has 3 nitrogen and oxygen atoms in total. The smallest absolute Gasteiger partial charge is 0.265 e. The molecular formula is C7H10N2O. The summed E-state index contributed by atoms with van der Waals surface area (Å²) in [5.41, 5.74) is 1.21. The lowest BCUT2D eigenvalue weighted by Gasteiger charge is -2.18. The molecule has 0 aromatic heterocycles. The zero-order valence-electron chi connectivity index (χ0n) is 6.14. The summed E-state index contributed by atoms with van der Waals surface area (Å²) < 4.78 is 0. The van der Waals surface area contributed by atoms with Crippen molar-refractivity contribution in [3.8, 4) is 0 Å². The first-order valence-corrected chi connectivity index (χ1v) is 3.16. The Balaban J connectivity index is 2.90. The van der Waals surface area contributed by atoms with Crippen LogP contribution in [0.15, 0.2) is 17.3 Å². The van der Waals surface area contributed by atoms with Gasteiger partial charge in [0.25, 0.3) is 5.91 Å². The van der Waals surface area contributed by atoms with Gasteiger partial charge in [0.05, 0.1) is 11.7 Å². The molecule has 0 saturated carbocycles. The van der Waals surface area contributed by atoms with Crippen molar-refractivity contribution < 1.29 is 4.79 Å². The third kappa shape index (κ3) is 1.07. The van der Waals surface area contributed by atoms with Crippen LogP contribution in [0.3, 0.4) is 0 Å². The van der Waals surface area contributed by atoms with Gasteiger partial charge in [0.15, 0.2) is 0 Å². The number of nitrogens with zero attached hydrogens (tertiary/aromatic N) is 1. The Morgan fingerprint density at radius 3 is 2.80 bits per heavy atom. The van der Waals surface area contributed by atoms with Gasteiger partial charge in [-0.05, 0) is 13.8 Å². The Morgan fingerprint density at radius 2 is 2.30 bits per heavy atom. The van der Waals surface area contributed by atoms with Crippen LogP contribution in [0.2, 0.25) is 0 Å². The third-order valence-corrected chi connectivity index (χ3v) is 1.49. The molecule has 1 N–H and O–H groups in total. The number of rotatable bonds is 0. The summed E-state index contributed by atoms with van der Waals surface area (Å²) in [5, 5.41) is 2.71. The largest absolute Gasteiger partial charge is 0.343 e. The van der Waals surface area contributed by atoms with E-state index in [0.717, 1.165) is 5.70 Å². The lowest BCUT2D eigenvalue weighted by Crippen LogP contribution is -2.41. The monoisotopic (exact) mass is 138 g/mol. The van der Waals surface area contributed by atoms with Crippen molar-refractivity contribution in [2.24, 2.45) is 4.99 Å². The topological polar surface area (TPSA) is 41.5 Å². The maximum Gasteiger partial charge on any atom is 0.265 e. The number of nitrogens with one attached hydrogen (secondary N) is 1. The molecule has 1 heterocycles. The first kappa shape index (κ1) is 6.99. The van der Waals surface area contributed by atoms with E-state index in [0.29, 0.717) is 5.71 Å². The van der Waals surface area contributed by atoms with Crippen molar-refractivity contribution in [3.05, 3.63) is 12.3 Å². The number of hydrogen-bond acceptors (Lipinski definition) is 2. The Kier molecular flexibility index (Phi) is 1.57. The summed E-state index contributed by atoms with van der Waals surface area (Å²) in [6, 6.07) is -0.0174. The molecule has 0 aromatic rings. The van der Waals surface area contributed by atoms with Gasteiger partial charge in [0.1, 0.15) is 5.71 Å². The predicted octanol–water partition coefficient (Wildman–Crippen LogP) is 0.479. The third-order valence-electron chi connectivity index (χ3n) is 1.49. The molecule has 0 bridgehead atoms. The van der Waals surface area contributed by atoms with Crippen LogP contribution in [0.5, 0.6) is 0 Å². The van der Waals surface area contributed by atoms with Crippen LogP contribution in [0.4, 0.5) is 0 Å². The number of hydrogen-bond donors (Lipinski definition) is 1. The van der Waals surface area contributed by atoms with Crippen LogP contribution in [-0.4, -0.2) is 17.7 Å². The molecule has 0 saturated heterocycles. The van der Waals surface area contributed by atoms with Crippen LogP contribution in [0, 0.1) is 0 Å². The highest BCUT2D eigenvalue weighted by atomic mass is 16.2. The van der Waals surface area contributed by atoms with Gasteiger partial charge in [0, 0.05) is 0 Å². The molecule has 0 aromatic carbocycles. The molecule has 54 valence electrons. The van der Waals surface area contributed by atoms with E-state index in [9.17, 15) is 4.79 Å². The highest BCUT2D eigenvalue weighted by Gasteiger charge is 2.17. The summed E-state index contributed by atoms with van der Waals surface area (Å²) in [5.74, 6) is -0.0973. The minimum absolute atomic E-state index is 0.0174. The van der Waals surface area contributed by atoms with E-state index in [1.54, 1.807) is 6.92 Å². The summed E-state index contributed by atoms with van der Waals surface area (Å²) in [7, 11) is 0. The maximum atomic E-state index is 10.9. The van der Waals surface area contributed by atoms with E-state index >= 15 is 0 Å². The van der Waals surface area contributed by atoms with Gasteiger partial charge >= 0.3 is 0 Å². The van der Waals surface area contributed by atoms with E-state index in [2.05, 4.69) is 16.9 Å². The molecule has 0 fully saturated rings. The van der Waals surface area contributed by atoms with Crippen molar-refractivity contribution in [3.63, 3.8) is 0 Å². The molecular weight excluding hydrogens is 128 g/mol. The van der Waals surface area contributed by atoms with Gasteiger partial charge in [-0.3, -0.25) is 9.79 Å². The van der Waals surface area contributed by atoms with Crippen LogP contribution in [-0.2, 0) is 4.79 Å². The van der Waals surface area contributed by atoms with E-state index in [1.165, 1.54) is 0 Å². The predicted molar refractivity (Wildman–Crippen MR) is 39.9 cm³/mol. The Labute approximate surface area is 59.8 Å². The molecule has 1 aliphatic rings. The average molecular weight is 138 g/mol. The Hall–Kier alpha value is -1.12. The van der Waals surface area contributed by atoms with Gasteiger partial charge in [-0.25, -0.2) is 0 Å². The summed E-state index contributed by atoms with van der Waals surface area (Å²) in [6.07, 6.45) is 0. The lowest BCUT2D eigenvalue weighted by atomic mass is 10.2. The zero-order valence-corrected chi connectivity index (χ0v) is 6.14. The van der Waals surface area contributed by atoms with E-state index in [-0.39, 0.29) is 11.9 Å². The fraction of sp³-hybridized carbons (Fsp3) is 0.429. The van der Waals surface area contributed by atoms with Crippen molar-refractivity contribution in [2.75, 3.05) is 0 Å². The van der Waals surface area contributed by atoms with Gasteiger partial charge < -0.3 is 5.32 Å². The number of aliphatic imine (C=N–C) groups is 1. The molecule has 1 unspecified atom stereocenters. The molecule has 1 atom stereocenters. The second kappa shape index (κ2) is 2.25. The van der Waals surface area contributed by atoms with Gasteiger partial charge in [-0.1, -0.05) is 6.58 Å². The standard InChI is InChI=1S/C7H10N2O/c1-4-5(2)9-7(10)6(3)8-4/h5H,1H2,2-3H3,(H,9,10). The zero-order chi connectivity index (χ0) is 7.72. The first-order chi connectivity index (χ1) is 4.61. The Bertz CT molecular complexity index is 218. The Morgan fingerprint density at radius 1 is 1.70 bits per heavy atom. The number of carbonyl (C=O) groups excluding carboxylic acids is 1. The minimum atomic E-state index is -0.0973. The second-order valence-electron chi connectivity index (χ2n) is 2.38. The van der Waals surface area contributed by atoms with Crippen LogP contribution >= 0.6 is 0 Å².